The normalized spacial score (nSPS) is 10.7. The Bertz CT molecular complexity index is 498. The quantitative estimate of drug-likeness (QED) is 0.825. The van der Waals surface area contributed by atoms with Crippen LogP contribution in [-0.2, 0) is 11.3 Å². The summed E-state index contributed by atoms with van der Waals surface area (Å²) in [6.07, 6.45) is 0. The number of nitrogens with zero attached hydrogens (tertiary/aromatic N) is 2. The molecule has 0 fully saturated rings. The van der Waals surface area contributed by atoms with Gasteiger partial charge in [-0.25, -0.2) is 9.07 Å². The second-order valence-corrected chi connectivity index (χ2v) is 3.67. The van der Waals surface area contributed by atoms with Gasteiger partial charge in [0.2, 0.25) is 0 Å². The van der Waals surface area contributed by atoms with Crippen molar-refractivity contribution in [2.45, 2.75) is 6.61 Å². The minimum Gasteiger partial charge on any atom is -0.378 e. The van der Waals surface area contributed by atoms with Crippen molar-refractivity contribution >= 4 is 11.6 Å². The molecule has 16 heavy (non-hydrogen) atoms. The van der Waals surface area contributed by atoms with E-state index in [1.807, 2.05) is 0 Å². The molecule has 0 unspecified atom stereocenters. The molecule has 2 aromatic rings. The summed E-state index contributed by atoms with van der Waals surface area (Å²) in [5.41, 5.74) is 1.30. The molecule has 2 rings (SSSR count). The molecule has 0 spiro atoms. The highest BCUT2D eigenvalue weighted by atomic mass is 35.5. The smallest absolute Gasteiger partial charge is 0.133 e. The van der Waals surface area contributed by atoms with Crippen LogP contribution in [0, 0.1) is 5.82 Å². The zero-order valence-electron chi connectivity index (χ0n) is 8.65. The van der Waals surface area contributed by atoms with Gasteiger partial charge < -0.3 is 4.74 Å². The maximum atomic E-state index is 13.0. The highest BCUT2D eigenvalue weighted by molar-refractivity contribution is 6.29. The molecule has 0 bridgehead atoms. The van der Waals surface area contributed by atoms with E-state index in [4.69, 9.17) is 16.3 Å². The number of methoxy groups -OCH3 is 1. The third-order valence-corrected chi connectivity index (χ3v) is 2.33. The fourth-order valence-electron chi connectivity index (χ4n) is 1.41. The summed E-state index contributed by atoms with van der Waals surface area (Å²) in [6, 6.07) is 7.78. The fourth-order valence-corrected chi connectivity index (χ4v) is 1.67. The van der Waals surface area contributed by atoms with E-state index in [0.29, 0.717) is 23.1 Å². The van der Waals surface area contributed by atoms with Crippen LogP contribution in [0.5, 0.6) is 0 Å². The van der Waals surface area contributed by atoms with Gasteiger partial charge in [0.25, 0.3) is 0 Å². The molecule has 3 nitrogen and oxygen atoms in total. The third-order valence-electron chi connectivity index (χ3n) is 2.06. The molecule has 0 N–H and O–H groups in total. The first kappa shape index (κ1) is 11.1. The summed E-state index contributed by atoms with van der Waals surface area (Å²) < 4.78 is 19.4. The van der Waals surface area contributed by atoms with Crippen LogP contribution < -0.4 is 0 Å². The predicted molar refractivity (Wildman–Crippen MR) is 59.2 cm³/mol. The SMILES string of the molecule is COCc1cc(Cl)n(-c2cccc(F)c2)n1. The summed E-state index contributed by atoms with van der Waals surface area (Å²) in [7, 11) is 1.58. The Morgan fingerprint density at radius 1 is 1.44 bits per heavy atom. The van der Waals surface area contributed by atoms with Crippen LogP contribution in [0.1, 0.15) is 5.69 Å². The minimum atomic E-state index is -0.322. The number of hydrogen-bond acceptors (Lipinski definition) is 2. The van der Waals surface area contributed by atoms with Crippen molar-refractivity contribution in [2.75, 3.05) is 7.11 Å². The van der Waals surface area contributed by atoms with Crippen LogP contribution in [-0.4, -0.2) is 16.9 Å². The van der Waals surface area contributed by atoms with Gasteiger partial charge in [0.15, 0.2) is 0 Å². The molecular weight excluding hydrogens is 231 g/mol. The molecule has 0 atom stereocenters. The number of rotatable bonds is 3. The topological polar surface area (TPSA) is 27.1 Å². The number of halogens is 2. The summed E-state index contributed by atoms with van der Waals surface area (Å²) in [5, 5.41) is 4.63. The highest BCUT2D eigenvalue weighted by Gasteiger charge is 2.07. The molecule has 1 aromatic heterocycles. The molecule has 0 radical (unpaired) electrons. The average molecular weight is 241 g/mol. The molecule has 0 saturated heterocycles. The second kappa shape index (κ2) is 4.63. The first-order valence-corrected chi connectivity index (χ1v) is 5.08. The monoisotopic (exact) mass is 240 g/mol. The second-order valence-electron chi connectivity index (χ2n) is 3.28. The van der Waals surface area contributed by atoms with Crippen molar-refractivity contribution in [1.82, 2.24) is 9.78 Å². The van der Waals surface area contributed by atoms with E-state index in [1.165, 1.54) is 16.8 Å². The van der Waals surface area contributed by atoms with Crippen LogP contribution in [0.4, 0.5) is 4.39 Å². The van der Waals surface area contributed by atoms with Crippen LogP contribution in [0.15, 0.2) is 30.3 Å². The molecule has 0 aliphatic carbocycles. The molecule has 5 heteroatoms. The predicted octanol–water partition coefficient (Wildman–Crippen LogP) is 2.81. The lowest BCUT2D eigenvalue weighted by molar-refractivity contribution is 0.181. The summed E-state index contributed by atoms with van der Waals surface area (Å²) in [6.45, 7) is 0.377. The van der Waals surface area contributed by atoms with Crippen molar-refractivity contribution in [3.05, 3.63) is 47.0 Å². The van der Waals surface area contributed by atoms with Crippen LogP contribution in [0.3, 0.4) is 0 Å². The lowest BCUT2D eigenvalue weighted by Gasteiger charge is -2.02. The molecule has 1 heterocycles. The van der Waals surface area contributed by atoms with Gasteiger partial charge in [0.1, 0.15) is 11.0 Å². The van der Waals surface area contributed by atoms with E-state index in [-0.39, 0.29) is 5.82 Å². The Labute approximate surface area is 97.4 Å². The van der Waals surface area contributed by atoms with Gasteiger partial charge in [0, 0.05) is 13.2 Å². The number of benzene rings is 1. The largest absolute Gasteiger partial charge is 0.378 e. The van der Waals surface area contributed by atoms with Crippen molar-refractivity contribution in [3.8, 4) is 5.69 Å². The number of aromatic nitrogens is 2. The maximum absolute atomic E-state index is 13.0. The van der Waals surface area contributed by atoms with E-state index in [0.717, 1.165) is 0 Å². The first-order valence-electron chi connectivity index (χ1n) is 4.70. The summed E-state index contributed by atoms with van der Waals surface area (Å²) in [4.78, 5) is 0. The lowest BCUT2D eigenvalue weighted by atomic mass is 10.3. The lowest BCUT2D eigenvalue weighted by Crippen LogP contribution is -1.98. The van der Waals surface area contributed by atoms with Gasteiger partial charge in [-0.05, 0) is 18.2 Å². The van der Waals surface area contributed by atoms with E-state index in [1.54, 1.807) is 25.3 Å². The van der Waals surface area contributed by atoms with Crippen molar-refractivity contribution in [3.63, 3.8) is 0 Å². The van der Waals surface area contributed by atoms with Gasteiger partial charge in [-0.2, -0.15) is 5.10 Å². The molecule has 84 valence electrons. The molecule has 0 saturated carbocycles. The van der Waals surface area contributed by atoms with Gasteiger partial charge >= 0.3 is 0 Å². The summed E-state index contributed by atoms with van der Waals surface area (Å²) >= 11 is 5.99. The zero-order chi connectivity index (χ0) is 11.5. The summed E-state index contributed by atoms with van der Waals surface area (Å²) in [5.74, 6) is -0.322. The molecule has 0 aliphatic rings. The van der Waals surface area contributed by atoms with Gasteiger partial charge in [0.05, 0.1) is 18.0 Å². The van der Waals surface area contributed by atoms with Crippen LogP contribution in [0.2, 0.25) is 5.15 Å². The molecule has 1 aromatic carbocycles. The van der Waals surface area contributed by atoms with Crippen LogP contribution >= 0.6 is 11.6 Å². The number of hydrogen-bond donors (Lipinski definition) is 0. The zero-order valence-corrected chi connectivity index (χ0v) is 9.41. The fraction of sp³-hybridized carbons (Fsp3) is 0.182. The molecule has 0 amide bonds. The first-order chi connectivity index (χ1) is 7.70. The van der Waals surface area contributed by atoms with Crippen LogP contribution in [0.25, 0.3) is 5.69 Å². The minimum absolute atomic E-state index is 0.322. The highest BCUT2D eigenvalue weighted by Crippen LogP contribution is 2.18. The Balaban J connectivity index is 2.40. The van der Waals surface area contributed by atoms with Gasteiger partial charge in [-0.1, -0.05) is 17.7 Å². The maximum Gasteiger partial charge on any atom is 0.133 e. The Morgan fingerprint density at radius 2 is 2.25 bits per heavy atom. The Kier molecular flexibility index (Phi) is 3.22. The molecule has 0 aliphatic heterocycles. The number of ether oxygens (including phenoxy) is 1. The Hall–Kier alpha value is -1.39. The standard InChI is InChI=1S/C11H10ClFN2O/c1-16-7-9-6-11(12)15(14-9)10-4-2-3-8(13)5-10/h2-6H,7H2,1H3. The van der Waals surface area contributed by atoms with E-state index in [2.05, 4.69) is 5.10 Å². The van der Waals surface area contributed by atoms with E-state index < -0.39 is 0 Å². The van der Waals surface area contributed by atoms with Crippen molar-refractivity contribution in [1.29, 1.82) is 0 Å². The average Bonchev–Trinajstić information content (AvgIpc) is 2.60. The Morgan fingerprint density at radius 3 is 2.94 bits per heavy atom. The van der Waals surface area contributed by atoms with Crippen molar-refractivity contribution in [2.24, 2.45) is 0 Å². The van der Waals surface area contributed by atoms with Crippen molar-refractivity contribution < 1.29 is 9.13 Å². The van der Waals surface area contributed by atoms with Gasteiger partial charge in [-0.15, -0.1) is 0 Å². The third kappa shape index (κ3) is 2.23. The van der Waals surface area contributed by atoms with E-state index >= 15 is 0 Å². The van der Waals surface area contributed by atoms with E-state index in [9.17, 15) is 4.39 Å². The molecular formula is C11H10ClFN2O. The van der Waals surface area contributed by atoms with Gasteiger partial charge in [-0.3, -0.25) is 0 Å².